The zero-order valence-corrected chi connectivity index (χ0v) is 14.0. The summed E-state index contributed by atoms with van der Waals surface area (Å²) in [4.78, 5) is 23.9. The molecule has 0 fully saturated rings. The molecule has 2 aromatic carbocycles. The summed E-state index contributed by atoms with van der Waals surface area (Å²) >= 11 is 0. The minimum absolute atomic E-state index is 0.182. The van der Waals surface area contributed by atoms with E-state index >= 15 is 0 Å². The fraction of sp³-hybridized carbons (Fsp3) is 0.263. The first-order valence-electron chi connectivity index (χ1n) is 8.02. The van der Waals surface area contributed by atoms with Crippen molar-refractivity contribution in [2.75, 3.05) is 6.61 Å². The Morgan fingerprint density at radius 3 is 2.08 bits per heavy atom. The lowest BCUT2D eigenvalue weighted by Crippen LogP contribution is -2.42. The van der Waals surface area contributed by atoms with E-state index in [1.54, 1.807) is 12.1 Å². The lowest BCUT2D eigenvalue weighted by atomic mass is 10.1. The number of nitrogens with one attached hydrogen (secondary N) is 2. The van der Waals surface area contributed by atoms with Crippen LogP contribution in [-0.4, -0.2) is 18.4 Å². The molecule has 24 heavy (non-hydrogen) atoms. The van der Waals surface area contributed by atoms with E-state index in [9.17, 15) is 9.59 Å². The van der Waals surface area contributed by atoms with Gasteiger partial charge in [-0.3, -0.25) is 20.4 Å². The van der Waals surface area contributed by atoms with Gasteiger partial charge in [0.15, 0.2) is 0 Å². The Morgan fingerprint density at radius 1 is 0.875 bits per heavy atom. The number of ether oxygens (including phenoxy) is 1. The molecule has 0 aliphatic carbocycles. The van der Waals surface area contributed by atoms with Crippen LogP contribution in [0.3, 0.4) is 0 Å². The summed E-state index contributed by atoms with van der Waals surface area (Å²) in [6, 6.07) is 14.6. The topological polar surface area (TPSA) is 67.4 Å². The van der Waals surface area contributed by atoms with Gasteiger partial charge in [0.25, 0.3) is 5.91 Å². The number of rotatable bonds is 6. The van der Waals surface area contributed by atoms with E-state index in [-0.39, 0.29) is 18.2 Å². The van der Waals surface area contributed by atoms with Gasteiger partial charge in [-0.1, -0.05) is 31.2 Å². The Balaban J connectivity index is 1.82. The van der Waals surface area contributed by atoms with Gasteiger partial charge in [0.2, 0.25) is 5.91 Å². The number of hydrazine groups is 1. The number of benzene rings is 2. The standard InChI is InChI=1S/C19H22N2O3/c1-3-14-5-9-16(10-6-14)19(23)21-20-18(22)13-15-7-11-17(12-8-15)24-4-2/h5-12H,3-4,13H2,1-2H3,(H,20,22)(H,21,23). The number of hydrogen-bond donors (Lipinski definition) is 2. The van der Waals surface area contributed by atoms with Crippen LogP contribution >= 0.6 is 0 Å². The molecule has 126 valence electrons. The number of amides is 2. The average molecular weight is 326 g/mol. The van der Waals surface area contributed by atoms with Gasteiger partial charge in [-0.2, -0.15) is 0 Å². The molecule has 0 bridgehead atoms. The number of aryl methyl sites for hydroxylation is 1. The fourth-order valence-corrected chi connectivity index (χ4v) is 2.19. The Kier molecular flexibility index (Phi) is 6.37. The average Bonchev–Trinajstić information content (AvgIpc) is 2.61. The Bertz CT molecular complexity index is 679. The normalized spacial score (nSPS) is 10.1. The molecule has 0 heterocycles. The SMILES string of the molecule is CCOc1ccc(CC(=O)NNC(=O)c2ccc(CC)cc2)cc1. The van der Waals surface area contributed by atoms with Crippen LogP contribution in [0.2, 0.25) is 0 Å². The van der Waals surface area contributed by atoms with E-state index in [1.165, 1.54) is 0 Å². The van der Waals surface area contributed by atoms with Crippen molar-refractivity contribution in [3.05, 3.63) is 65.2 Å². The molecule has 0 aliphatic rings. The van der Waals surface area contributed by atoms with Gasteiger partial charge < -0.3 is 4.74 Å². The van der Waals surface area contributed by atoms with Crippen LogP contribution in [0.25, 0.3) is 0 Å². The minimum atomic E-state index is -0.335. The molecule has 0 radical (unpaired) electrons. The monoisotopic (exact) mass is 326 g/mol. The lowest BCUT2D eigenvalue weighted by molar-refractivity contribution is -0.121. The van der Waals surface area contributed by atoms with Crippen molar-refractivity contribution in [3.63, 3.8) is 0 Å². The Hall–Kier alpha value is -2.82. The van der Waals surface area contributed by atoms with Crippen LogP contribution < -0.4 is 15.6 Å². The molecule has 0 aliphatic heterocycles. The maximum Gasteiger partial charge on any atom is 0.269 e. The highest BCUT2D eigenvalue weighted by atomic mass is 16.5. The predicted molar refractivity (Wildman–Crippen MR) is 92.7 cm³/mol. The van der Waals surface area contributed by atoms with E-state index in [0.717, 1.165) is 23.3 Å². The lowest BCUT2D eigenvalue weighted by Gasteiger charge is -2.08. The Labute approximate surface area is 142 Å². The molecule has 2 aromatic rings. The predicted octanol–water partition coefficient (Wildman–Crippen LogP) is 2.65. The number of hydrogen-bond acceptors (Lipinski definition) is 3. The molecule has 0 spiro atoms. The van der Waals surface area contributed by atoms with Crippen molar-refractivity contribution in [2.45, 2.75) is 26.7 Å². The molecule has 2 rings (SSSR count). The summed E-state index contributed by atoms with van der Waals surface area (Å²) in [5.41, 5.74) is 7.36. The molecule has 2 amide bonds. The summed E-state index contributed by atoms with van der Waals surface area (Å²) < 4.78 is 5.35. The maximum absolute atomic E-state index is 12.0. The first kappa shape index (κ1) is 17.5. The molecule has 5 nitrogen and oxygen atoms in total. The van der Waals surface area contributed by atoms with Crippen molar-refractivity contribution in [3.8, 4) is 5.75 Å². The maximum atomic E-state index is 12.0. The third-order valence-electron chi connectivity index (χ3n) is 3.54. The molecular formula is C19H22N2O3. The van der Waals surface area contributed by atoms with Crippen molar-refractivity contribution < 1.29 is 14.3 Å². The number of carbonyl (C=O) groups excluding carboxylic acids is 2. The van der Waals surface area contributed by atoms with Gasteiger partial charge in [-0.25, -0.2) is 0 Å². The second kappa shape index (κ2) is 8.72. The van der Waals surface area contributed by atoms with Gasteiger partial charge in [-0.15, -0.1) is 0 Å². The van der Waals surface area contributed by atoms with E-state index < -0.39 is 0 Å². The quantitative estimate of drug-likeness (QED) is 0.802. The van der Waals surface area contributed by atoms with Crippen LogP contribution in [0.15, 0.2) is 48.5 Å². The molecule has 0 atom stereocenters. The zero-order valence-electron chi connectivity index (χ0n) is 14.0. The van der Waals surface area contributed by atoms with Crippen LogP contribution in [0.5, 0.6) is 5.75 Å². The largest absolute Gasteiger partial charge is 0.494 e. The zero-order chi connectivity index (χ0) is 17.4. The van der Waals surface area contributed by atoms with Gasteiger partial charge in [0.05, 0.1) is 13.0 Å². The third-order valence-corrected chi connectivity index (χ3v) is 3.54. The molecule has 0 unspecified atom stereocenters. The van der Waals surface area contributed by atoms with Crippen LogP contribution in [0, 0.1) is 0 Å². The van der Waals surface area contributed by atoms with Gasteiger partial charge in [0, 0.05) is 5.56 Å². The first-order chi connectivity index (χ1) is 11.6. The van der Waals surface area contributed by atoms with Crippen molar-refractivity contribution in [2.24, 2.45) is 0 Å². The van der Waals surface area contributed by atoms with E-state index in [4.69, 9.17) is 4.74 Å². The molecule has 0 saturated heterocycles. The van der Waals surface area contributed by atoms with Gasteiger partial charge in [0.1, 0.15) is 5.75 Å². The van der Waals surface area contributed by atoms with E-state index in [2.05, 4.69) is 17.8 Å². The van der Waals surface area contributed by atoms with Crippen molar-refractivity contribution >= 4 is 11.8 Å². The van der Waals surface area contributed by atoms with Crippen LogP contribution in [0.4, 0.5) is 0 Å². The van der Waals surface area contributed by atoms with E-state index in [0.29, 0.717) is 12.2 Å². The van der Waals surface area contributed by atoms with Gasteiger partial charge >= 0.3 is 0 Å². The van der Waals surface area contributed by atoms with Gasteiger partial charge in [-0.05, 0) is 48.7 Å². The van der Waals surface area contributed by atoms with Crippen LogP contribution in [-0.2, 0) is 17.6 Å². The second-order valence-corrected chi connectivity index (χ2v) is 5.31. The minimum Gasteiger partial charge on any atom is -0.494 e. The fourth-order valence-electron chi connectivity index (χ4n) is 2.19. The molecule has 2 N–H and O–H groups in total. The summed E-state index contributed by atoms with van der Waals surface area (Å²) in [5.74, 6) is 0.154. The highest BCUT2D eigenvalue weighted by molar-refractivity contribution is 5.95. The number of carbonyl (C=O) groups is 2. The molecule has 0 aromatic heterocycles. The first-order valence-corrected chi connectivity index (χ1v) is 8.02. The van der Waals surface area contributed by atoms with Crippen LogP contribution in [0.1, 0.15) is 35.3 Å². The summed E-state index contributed by atoms with van der Waals surface area (Å²) in [6.07, 6.45) is 1.10. The van der Waals surface area contributed by atoms with Crippen molar-refractivity contribution in [1.82, 2.24) is 10.9 Å². The molecular weight excluding hydrogens is 304 g/mol. The highest BCUT2D eigenvalue weighted by Crippen LogP contribution is 2.12. The van der Waals surface area contributed by atoms with E-state index in [1.807, 2.05) is 43.3 Å². The Morgan fingerprint density at radius 2 is 1.50 bits per heavy atom. The third kappa shape index (κ3) is 5.12. The summed E-state index contributed by atoms with van der Waals surface area (Å²) in [6.45, 7) is 4.57. The highest BCUT2D eigenvalue weighted by Gasteiger charge is 2.08. The molecule has 5 heteroatoms. The summed E-state index contributed by atoms with van der Waals surface area (Å²) in [5, 5.41) is 0. The smallest absolute Gasteiger partial charge is 0.269 e. The molecule has 0 saturated carbocycles. The summed E-state index contributed by atoms with van der Waals surface area (Å²) in [7, 11) is 0. The second-order valence-electron chi connectivity index (χ2n) is 5.31. The van der Waals surface area contributed by atoms with Crippen molar-refractivity contribution in [1.29, 1.82) is 0 Å².